The van der Waals surface area contributed by atoms with Gasteiger partial charge in [0, 0.05) is 0 Å². The smallest absolute Gasteiger partial charge is 0.313 e. The van der Waals surface area contributed by atoms with Gasteiger partial charge in [-0.15, -0.1) is 0 Å². The van der Waals surface area contributed by atoms with Crippen molar-refractivity contribution in [3.8, 4) is 0 Å². The third-order valence-corrected chi connectivity index (χ3v) is 1.33. The molecule has 0 fully saturated rings. The standard InChI is InChI=1S/C8H11N3O2/c1-2-13-8(12)3-7-10-4-6(9)5-11-7/h4-5H,2-3,9H2,1H3. The Morgan fingerprint density at radius 1 is 1.54 bits per heavy atom. The minimum Gasteiger partial charge on any atom is -0.466 e. The van der Waals surface area contributed by atoms with E-state index in [9.17, 15) is 4.79 Å². The van der Waals surface area contributed by atoms with Crippen molar-refractivity contribution in [2.24, 2.45) is 0 Å². The van der Waals surface area contributed by atoms with Gasteiger partial charge in [-0.2, -0.15) is 0 Å². The highest BCUT2D eigenvalue weighted by atomic mass is 16.5. The van der Waals surface area contributed by atoms with E-state index in [1.807, 2.05) is 0 Å². The predicted octanol–water partition coefficient (Wildman–Crippen LogP) is 0.164. The van der Waals surface area contributed by atoms with Gasteiger partial charge in [0.25, 0.3) is 0 Å². The number of aromatic nitrogens is 2. The summed E-state index contributed by atoms with van der Waals surface area (Å²) in [5.74, 6) is 0.0971. The van der Waals surface area contributed by atoms with E-state index in [0.29, 0.717) is 18.1 Å². The quantitative estimate of drug-likeness (QED) is 0.672. The highest BCUT2D eigenvalue weighted by molar-refractivity contribution is 5.71. The molecule has 0 radical (unpaired) electrons. The number of hydrogen-bond donors (Lipinski definition) is 1. The fourth-order valence-corrected chi connectivity index (χ4v) is 0.797. The van der Waals surface area contributed by atoms with Crippen molar-refractivity contribution < 1.29 is 9.53 Å². The minimum absolute atomic E-state index is 0.0914. The summed E-state index contributed by atoms with van der Waals surface area (Å²) in [6, 6.07) is 0. The summed E-state index contributed by atoms with van der Waals surface area (Å²) >= 11 is 0. The van der Waals surface area contributed by atoms with Crippen LogP contribution in [0.15, 0.2) is 12.4 Å². The first-order valence-electron chi connectivity index (χ1n) is 3.94. The molecule has 13 heavy (non-hydrogen) atoms. The zero-order valence-corrected chi connectivity index (χ0v) is 7.36. The molecule has 0 unspecified atom stereocenters. The maximum Gasteiger partial charge on any atom is 0.313 e. The van der Waals surface area contributed by atoms with Crippen LogP contribution in [0.4, 0.5) is 5.69 Å². The maximum absolute atomic E-state index is 11.0. The molecule has 0 aliphatic rings. The molecule has 0 saturated heterocycles. The Balaban J connectivity index is 2.54. The molecule has 0 bridgehead atoms. The van der Waals surface area contributed by atoms with Gasteiger partial charge in [0.15, 0.2) is 0 Å². The number of nitrogen functional groups attached to an aromatic ring is 1. The van der Waals surface area contributed by atoms with Crippen LogP contribution in [-0.2, 0) is 16.0 Å². The highest BCUT2D eigenvalue weighted by Gasteiger charge is 2.05. The summed E-state index contributed by atoms with van der Waals surface area (Å²) in [6.07, 6.45) is 3.01. The van der Waals surface area contributed by atoms with Crippen molar-refractivity contribution in [1.29, 1.82) is 0 Å². The SMILES string of the molecule is CCOC(=O)Cc1ncc(N)cn1. The molecule has 0 saturated carbocycles. The lowest BCUT2D eigenvalue weighted by Gasteiger charge is -2.00. The van der Waals surface area contributed by atoms with E-state index in [1.165, 1.54) is 12.4 Å². The average Bonchev–Trinajstić information content (AvgIpc) is 2.09. The summed E-state index contributed by atoms with van der Waals surface area (Å²) < 4.78 is 4.73. The van der Waals surface area contributed by atoms with Crippen LogP contribution in [0.1, 0.15) is 12.7 Å². The summed E-state index contributed by atoms with van der Waals surface area (Å²) in [5, 5.41) is 0. The third kappa shape index (κ3) is 3.06. The summed E-state index contributed by atoms with van der Waals surface area (Å²) in [7, 11) is 0. The second kappa shape index (κ2) is 4.39. The van der Waals surface area contributed by atoms with Gasteiger partial charge in [-0.1, -0.05) is 0 Å². The van der Waals surface area contributed by atoms with Crippen molar-refractivity contribution >= 4 is 11.7 Å². The number of carbonyl (C=O) groups excluding carboxylic acids is 1. The van der Waals surface area contributed by atoms with Crippen LogP contribution in [-0.4, -0.2) is 22.5 Å². The topological polar surface area (TPSA) is 78.1 Å². The molecular formula is C8H11N3O2. The molecule has 0 aromatic carbocycles. The Bertz CT molecular complexity index is 284. The first-order chi connectivity index (χ1) is 6.22. The molecule has 1 aromatic heterocycles. The molecule has 0 spiro atoms. The van der Waals surface area contributed by atoms with Gasteiger partial charge >= 0.3 is 5.97 Å². The average molecular weight is 181 g/mol. The van der Waals surface area contributed by atoms with Gasteiger partial charge in [-0.05, 0) is 6.92 Å². The first-order valence-corrected chi connectivity index (χ1v) is 3.94. The lowest BCUT2D eigenvalue weighted by atomic mass is 10.4. The fraction of sp³-hybridized carbons (Fsp3) is 0.375. The Morgan fingerprint density at radius 2 is 2.15 bits per heavy atom. The number of esters is 1. The van der Waals surface area contributed by atoms with E-state index in [4.69, 9.17) is 10.5 Å². The van der Waals surface area contributed by atoms with Crippen LogP contribution in [0.25, 0.3) is 0 Å². The van der Waals surface area contributed by atoms with Gasteiger partial charge in [0.1, 0.15) is 12.2 Å². The number of anilines is 1. The highest BCUT2D eigenvalue weighted by Crippen LogP contribution is 1.97. The van der Waals surface area contributed by atoms with E-state index >= 15 is 0 Å². The number of carbonyl (C=O) groups is 1. The Hall–Kier alpha value is -1.65. The Labute approximate surface area is 75.9 Å². The van der Waals surface area contributed by atoms with Gasteiger partial charge < -0.3 is 10.5 Å². The molecule has 0 aliphatic carbocycles. The molecule has 0 atom stereocenters. The van der Waals surface area contributed by atoms with E-state index in [2.05, 4.69) is 9.97 Å². The fourth-order valence-electron chi connectivity index (χ4n) is 0.797. The van der Waals surface area contributed by atoms with E-state index in [0.717, 1.165) is 0 Å². The maximum atomic E-state index is 11.0. The normalized spacial score (nSPS) is 9.62. The van der Waals surface area contributed by atoms with Crippen molar-refractivity contribution in [2.75, 3.05) is 12.3 Å². The molecule has 1 aromatic rings. The Morgan fingerprint density at radius 3 is 2.69 bits per heavy atom. The van der Waals surface area contributed by atoms with Crippen molar-refractivity contribution in [3.63, 3.8) is 0 Å². The van der Waals surface area contributed by atoms with Gasteiger partial charge in [0.2, 0.25) is 0 Å². The molecule has 5 heteroatoms. The molecular weight excluding hydrogens is 170 g/mol. The first kappa shape index (κ1) is 9.44. The molecule has 2 N–H and O–H groups in total. The number of nitrogens with two attached hydrogens (primary N) is 1. The van der Waals surface area contributed by atoms with Crippen LogP contribution in [0.2, 0.25) is 0 Å². The predicted molar refractivity (Wildman–Crippen MR) is 46.8 cm³/mol. The zero-order valence-electron chi connectivity index (χ0n) is 7.36. The van der Waals surface area contributed by atoms with Crippen LogP contribution in [0, 0.1) is 0 Å². The second-order valence-electron chi connectivity index (χ2n) is 2.41. The lowest BCUT2D eigenvalue weighted by Crippen LogP contribution is -2.10. The number of nitrogens with zero attached hydrogens (tertiary/aromatic N) is 2. The summed E-state index contributed by atoms with van der Waals surface area (Å²) in [6.45, 7) is 2.12. The summed E-state index contributed by atoms with van der Waals surface area (Å²) in [4.78, 5) is 18.7. The van der Waals surface area contributed by atoms with Gasteiger partial charge in [-0.3, -0.25) is 4.79 Å². The van der Waals surface area contributed by atoms with Crippen molar-refractivity contribution in [3.05, 3.63) is 18.2 Å². The molecule has 70 valence electrons. The molecule has 0 aliphatic heterocycles. The van der Waals surface area contributed by atoms with Crippen LogP contribution in [0.3, 0.4) is 0 Å². The van der Waals surface area contributed by atoms with Crippen LogP contribution < -0.4 is 5.73 Å². The van der Waals surface area contributed by atoms with Gasteiger partial charge in [-0.25, -0.2) is 9.97 Å². The minimum atomic E-state index is -0.327. The molecule has 1 rings (SSSR count). The lowest BCUT2D eigenvalue weighted by molar-refractivity contribution is -0.142. The van der Waals surface area contributed by atoms with Crippen molar-refractivity contribution in [2.45, 2.75) is 13.3 Å². The molecule has 1 heterocycles. The zero-order chi connectivity index (χ0) is 9.68. The molecule has 0 amide bonds. The van der Waals surface area contributed by atoms with E-state index in [-0.39, 0.29) is 12.4 Å². The number of ether oxygens (including phenoxy) is 1. The largest absolute Gasteiger partial charge is 0.466 e. The molecule has 5 nitrogen and oxygen atoms in total. The third-order valence-electron chi connectivity index (χ3n) is 1.33. The van der Waals surface area contributed by atoms with Crippen LogP contribution >= 0.6 is 0 Å². The van der Waals surface area contributed by atoms with Gasteiger partial charge in [0.05, 0.1) is 24.7 Å². The number of rotatable bonds is 3. The van der Waals surface area contributed by atoms with E-state index in [1.54, 1.807) is 6.92 Å². The second-order valence-corrected chi connectivity index (χ2v) is 2.41. The Kier molecular flexibility index (Phi) is 3.19. The van der Waals surface area contributed by atoms with Crippen molar-refractivity contribution in [1.82, 2.24) is 9.97 Å². The summed E-state index contributed by atoms with van der Waals surface area (Å²) in [5.41, 5.74) is 5.85. The number of hydrogen-bond acceptors (Lipinski definition) is 5. The van der Waals surface area contributed by atoms with E-state index < -0.39 is 0 Å². The monoisotopic (exact) mass is 181 g/mol. The van der Waals surface area contributed by atoms with Crippen LogP contribution in [0.5, 0.6) is 0 Å².